The minimum atomic E-state index is -4.33. The zero-order valence-corrected chi connectivity index (χ0v) is 24.1. The van der Waals surface area contributed by atoms with E-state index in [9.17, 15) is 21.8 Å². The van der Waals surface area contributed by atoms with Crippen LogP contribution in [-0.4, -0.2) is 84.7 Å². The molecule has 0 fully saturated rings. The molecule has 0 bridgehead atoms. The molecule has 2 aromatic heterocycles. The molecule has 0 spiro atoms. The van der Waals surface area contributed by atoms with Crippen LogP contribution in [0.15, 0.2) is 50.5 Å². The van der Waals surface area contributed by atoms with Gasteiger partial charge in [-0.3, -0.25) is 9.36 Å². The summed E-state index contributed by atoms with van der Waals surface area (Å²) in [5.41, 5.74) is 6.75. The Hall–Kier alpha value is -3.43. The maximum Gasteiger partial charge on any atom is 0.340 e. The number of amidine groups is 1. The molecule has 2 N–H and O–H groups in total. The van der Waals surface area contributed by atoms with E-state index in [4.69, 9.17) is 10.3 Å². The molecule has 41 heavy (non-hydrogen) atoms. The minimum absolute atomic E-state index is 0.0263. The summed E-state index contributed by atoms with van der Waals surface area (Å²) < 4.78 is 93.5. The first-order valence-electron chi connectivity index (χ1n) is 12.2. The van der Waals surface area contributed by atoms with Crippen molar-refractivity contribution in [3.63, 3.8) is 0 Å². The number of aliphatic imine (C=N–C) groups is 1. The van der Waals surface area contributed by atoms with E-state index < -0.39 is 44.5 Å². The first-order chi connectivity index (χ1) is 18.9. The van der Waals surface area contributed by atoms with Gasteiger partial charge in [-0.05, 0) is 37.3 Å². The van der Waals surface area contributed by atoms with Gasteiger partial charge in [0.25, 0.3) is 0 Å². The van der Waals surface area contributed by atoms with E-state index in [1.54, 1.807) is 37.4 Å². The average molecular weight is 596 g/mol. The van der Waals surface area contributed by atoms with Gasteiger partial charge in [-0.15, -0.1) is 0 Å². The number of hydrogen-bond donors (Lipinski definition) is 1. The number of halogens is 5. The molecule has 18 heteroatoms. The summed E-state index contributed by atoms with van der Waals surface area (Å²) in [4.78, 5) is 11.9. The smallest absolute Gasteiger partial charge is 0.340 e. The molecule has 3 aromatic rings. The molecule has 1 atom stereocenters. The van der Waals surface area contributed by atoms with Crippen molar-refractivity contribution >= 4 is 39.1 Å². The second-order valence-corrected chi connectivity index (χ2v) is 13.4. The summed E-state index contributed by atoms with van der Waals surface area (Å²) in [6.45, 7) is 1.76. The number of ether oxygens (including phenoxy) is 1. The molecule has 218 valence electrons. The van der Waals surface area contributed by atoms with E-state index in [0.29, 0.717) is 5.56 Å². The quantitative estimate of drug-likeness (QED) is 0.154. The molecule has 1 aromatic carbocycles. The van der Waals surface area contributed by atoms with Crippen molar-refractivity contribution in [3.8, 4) is 28.6 Å². The van der Waals surface area contributed by atoms with E-state index >= 15 is 4.39 Å². The highest BCUT2D eigenvalue weighted by molar-refractivity contribution is 7.95. The monoisotopic (exact) mass is 596 g/mol. The normalized spacial score (nSPS) is 14.6. The second-order valence-electron chi connectivity index (χ2n) is 10.6. The molecule has 0 radical (unpaired) electrons. The fraction of sp³-hybridized carbons (Fsp3) is 0.391. The Kier molecular flexibility index (Phi) is 9.25. The molecule has 0 amide bonds. The molecule has 1 unspecified atom stereocenters. The van der Waals surface area contributed by atoms with E-state index in [2.05, 4.69) is 29.2 Å². The highest BCUT2D eigenvalue weighted by atomic mass is 32.2. The van der Waals surface area contributed by atoms with Crippen LogP contribution in [0.25, 0.3) is 22.8 Å². The van der Waals surface area contributed by atoms with Gasteiger partial charge in [0.15, 0.2) is 29.6 Å². The first kappa shape index (κ1) is 32.1. The highest BCUT2D eigenvalue weighted by Crippen LogP contribution is 2.31. The third-order valence-electron chi connectivity index (χ3n) is 5.88. The van der Waals surface area contributed by atoms with Crippen molar-refractivity contribution in [2.24, 2.45) is 15.1 Å². The lowest BCUT2D eigenvalue weighted by Gasteiger charge is -2.31. The predicted molar refractivity (Wildman–Crippen MR) is 154 cm³/mol. The van der Waals surface area contributed by atoms with Crippen molar-refractivity contribution in [1.29, 1.82) is 0 Å². The molecule has 0 saturated carbocycles. The van der Waals surface area contributed by atoms with Gasteiger partial charge in [0.2, 0.25) is 0 Å². The van der Waals surface area contributed by atoms with E-state index in [1.165, 1.54) is 31.3 Å². The molecule has 3 rings (SSSR count). The summed E-state index contributed by atoms with van der Waals surface area (Å²) in [7, 11) is 3.62. The van der Waals surface area contributed by atoms with E-state index in [-0.39, 0.29) is 40.2 Å². The van der Waals surface area contributed by atoms with Crippen LogP contribution in [0, 0.1) is 5.82 Å². The fourth-order valence-corrected chi connectivity index (χ4v) is 6.13. The van der Waals surface area contributed by atoms with Crippen molar-refractivity contribution in [2.75, 3.05) is 13.7 Å². The Labute approximate surface area is 237 Å². The Balaban J connectivity index is 1.90. The standard InChI is InChI=1S/C23H28B3F5N6O3S/c1-21(2,20(32)33-3)41(38,37-23(24,25)26)10-13-6-12(4-5-15(13)27)17-7-16(36-40-17)18-34-8-14(9-35-18)39-11-22(30,31)19(28)29/h4-9,19H,10-11,24-26H2,1-3H3,(H2,32,33). The van der Waals surface area contributed by atoms with Crippen LogP contribution in [0.3, 0.4) is 0 Å². The summed E-state index contributed by atoms with van der Waals surface area (Å²) in [6, 6.07) is 5.57. The molecule has 9 nitrogen and oxygen atoms in total. The number of benzene rings is 1. The van der Waals surface area contributed by atoms with Gasteiger partial charge in [-0.2, -0.15) is 8.78 Å². The maximum atomic E-state index is 15.0. The Morgan fingerprint density at radius 2 is 1.80 bits per heavy atom. The third kappa shape index (κ3) is 7.46. The molecule has 0 saturated heterocycles. The lowest BCUT2D eigenvalue weighted by Crippen LogP contribution is -2.47. The van der Waals surface area contributed by atoms with Crippen LogP contribution in [-0.2, 0) is 15.5 Å². The second kappa shape index (κ2) is 11.8. The van der Waals surface area contributed by atoms with E-state index in [0.717, 1.165) is 12.4 Å². The number of nitrogens with two attached hydrogens (primary N) is 1. The molecule has 0 aliphatic rings. The SMILES string of the molecule is BC(B)(B)N=S(=O)(Cc1cc(-c2cc(-c3ncc(OCC(F)(F)C(F)F)cn3)no2)ccc1F)C(C)(C)/C(N)=N\C. The van der Waals surface area contributed by atoms with E-state index in [1.807, 2.05) is 0 Å². The topological polar surface area (TPSA) is 129 Å². The zero-order chi connectivity index (χ0) is 30.8. The lowest BCUT2D eigenvalue weighted by molar-refractivity contribution is -0.148. The maximum absolute atomic E-state index is 15.0. The van der Waals surface area contributed by atoms with Gasteiger partial charge < -0.3 is 15.0 Å². The zero-order valence-electron chi connectivity index (χ0n) is 23.3. The van der Waals surface area contributed by atoms with Gasteiger partial charge in [0, 0.05) is 24.2 Å². The Morgan fingerprint density at radius 1 is 1.17 bits per heavy atom. The largest absolute Gasteiger partial charge is 0.484 e. The van der Waals surface area contributed by atoms with Gasteiger partial charge in [0.05, 0.1) is 27.9 Å². The molecular weight excluding hydrogens is 568 g/mol. The number of aromatic nitrogens is 3. The van der Waals surface area contributed by atoms with Crippen LogP contribution in [0.4, 0.5) is 22.0 Å². The van der Waals surface area contributed by atoms with Gasteiger partial charge in [0.1, 0.15) is 39.9 Å². The van der Waals surface area contributed by atoms with Crippen LogP contribution in [0.1, 0.15) is 19.4 Å². The fourth-order valence-electron chi connectivity index (χ4n) is 3.53. The summed E-state index contributed by atoms with van der Waals surface area (Å²) in [5, 5.41) is 3.17. The summed E-state index contributed by atoms with van der Waals surface area (Å²) in [6.07, 6.45) is -1.83. The molecule has 2 heterocycles. The van der Waals surface area contributed by atoms with Crippen LogP contribution >= 0.6 is 0 Å². The Morgan fingerprint density at radius 3 is 2.37 bits per heavy atom. The molecular formula is C23H28B3F5N6O3S. The molecule has 0 aliphatic carbocycles. The van der Waals surface area contributed by atoms with Crippen molar-refractivity contribution in [3.05, 3.63) is 48.0 Å². The lowest BCUT2D eigenvalue weighted by atomic mass is 9.50. The predicted octanol–water partition coefficient (Wildman–Crippen LogP) is 1.46. The number of hydrogen-bond acceptors (Lipinski definition) is 8. The first-order valence-corrected chi connectivity index (χ1v) is 13.9. The number of rotatable bonds is 11. The van der Waals surface area contributed by atoms with Gasteiger partial charge in [-0.1, -0.05) is 5.16 Å². The third-order valence-corrected chi connectivity index (χ3v) is 9.22. The van der Waals surface area contributed by atoms with Crippen LogP contribution in [0.2, 0.25) is 0 Å². The van der Waals surface area contributed by atoms with Crippen molar-refractivity contribution in [2.45, 2.75) is 41.9 Å². The van der Waals surface area contributed by atoms with Crippen LogP contribution < -0.4 is 10.5 Å². The van der Waals surface area contributed by atoms with Gasteiger partial charge >= 0.3 is 12.3 Å². The van der Waals surface area contributed by atoms with Crippen LogP contribution in [0.5, 0.6) is 5.75 Å². The number of alkyl halides is 4. The van der Waals surface area contributed by atoms with Gasteiger partial charge in [-0.25, -0.2) is 27.3 Å². The summed E-state index contributed by atoms with van der Waals surface area (Å²) >= 11 is 0. The molecule has 0 aliphatic heterocycles. The summed E-state index contributed by atoms with van der Waals surface area (Å²) in [5.74, 6) is -5.09. The Bertz CT molecular complexity index is 1540. The number of nitrogens with zero attached hydrogens (tertiary/aromatic N) is 5. The minimum Gasteiger partial charge on any atom is -0.484 e. The average Bonchev–Trinajstić information content (AvgIpc) is 3.37. The highest BCUT2D eigenvalue weighted by Gasteiger charge is 2.42. The van der Waals surface area contributed by atoms with Crippen molar-refractivity contribution in [1.82, 2.24) is 15.1 Å². The van der Waals surface area contributed by atoms with Crippen molar-refractivity contribution < 1.29 is 35.4 Å².